The SMILES string of the molecule is CCCCNC(=O)[C@H](Cc1ccccc1)N(Cc1cccc(Cl)c1)C(=O)CCCN(c1ccc(CC)cc1)S(C)(=O)=O. The van der Waals surface area contributed by atoms with Gasteiger partial charge in [0.05, 0.1) is 11.9 Å². The maximum atomic E-state index is 13.9. The van der Waals surface area contributed by atoms with E-state index in [2.05, 4.69) is 12.2 Å². The molecule has 0 fully saturated rings. The lowest BCUT2D eigenvalue weighted by Crippen LogP contribution is -2.50. The Bertz CT molecular complexity index is 1400. The lowest BCUT2D eigenvalue weighted by molar-refractivity contribution is -0.141. The van der Waals surface area contributed by atoms with Gasteiger partial charge in [0.2, 0.25) is 21.8 Å². The van der Waals surface area contributed by atoms with Crippen LogP contribution in [0, 0.1) is 0 Å². The number of aryl methyl sites for hydroxylation is 1. The van der Waals surface area contributed by atoms with Crippen molar-refractivity contribution >= 4 is 39.1 Å². The summed E-state index contributed by atoms with van der Waals surface area (Å²) in [6.07, 6.45) is 4.52. The standard InChI is InChI=1S/C33H42ClN3O4S/c1-4-6-21-35-33(39)31(24-27-12-8-7-9-13-27)36(25-28-14-10-15-29(34)23-28)32(38)16-11-22-37(42(3,40)41)30-19-17-26(5-2)18-20-30/h7-10,12-15,17-20,23,31H,4-6,11,16,21-22,24-25H2,1-3H3,(H,35,39)/t31-/m0/s1. The van der Waals surface area contributed by atoms with E-state index in [1.54, 1.807) is 29.2 Å². The molecule has 3 aromatic rings. The zero-order valence-corrected chi connectivity index (χ0v) is 26.3. The van der Waals surface area contributed by atoms with Crippen molar-refractivity contribution in [2.45, 2.75) is 65.0 Å². The monoisotopic (exact) mass is 611 g/mol. The van der Waals surface area contributed by atoms with Crippen LogP contribution < -0.4 is 9.62 Å². The van der Waals surface area contributed by atoms with Gasteiger partial charge in [-0.1, -0.05) is 86.5 Å². The van der Waals surface area contributed by atoms with Crippen LogP contribution >= 0.6 is 11.6 Å². The Morgan fingerprint density at radius 1 is 0.881 bits per heavy atom. The van der Waals surface area contributed by atoms with E-state index in [1.165, 1.54) is 10.6 Å². The number of amides is 2. The van der Waals surface area contributed by atoms with Gasteiger partial charge in [-0.2, -0.15) is 0 Å². The molecule has 1 atom stereocenters. The highest BCUT2D eigenvalue weighted by molar-refractivity contribution is 7.92. The number of hydrogen-bond donors (Lipinski definition) is 1. The first kappa shape index (κ1) is 33.1. The molecule has 2 amide bonds. The second-order valence-electron chi connectivity index (χ2n) is 10.5. The summed E-state index contributed by atoms with van der Waals surface area (Å²) in [5, 5.41) is 3.56. The average Bonchev–Trinajstić information content (AvgIpc) is 2.97. The van der Waals surface area contributed by atoms with Crippen molar-refractivity contribution in [2.75, 3.05) is 23.7 Å². The summed E-state index contributed by atoms with van der Waals surface area (Å²) in [7, 11) is -3.56. The van der Waals surface area contributed by atoms with Crippen LogP contribution in [0.4, 0.5) is 5.69 Å². The second-order valence-corrected chi connectivity index (χ2v) is 12.8. The molecule has 226 valence electrons. The maximum Gasteiger partial charge on any atom is 0.243 e. The predicted octanol–water partition coefficient (Wildman–Crippen LogP) is 6.01. The Morgan fingerprint density at radius 2 is 1.57 bits per heavy atom. The molecule has 0 unspecified atom stereocenters. The van der Waals surface area contributed by atoms with Gasteiger partial charge in [-0.05, 0) is 60.2 Å². The second kappa shape index (κ2) is 16.3. The van der Waals surface area contributed by atoms with E-state index in [9.17, 15) is 18.0 Å². The number of rotatable bonds is 16. The number of benzene rings is 3. The van der Waals surface area contributed by atoms with Crippen molar-refractivity contribution in [3.8, 4) is 0 Å². The summed E-state index contributed by atoms with van der Waals surface area (Å²) >= 11 is 6.26. The molecule has 0 saturated carbocycles. The summed E-state index contributed by atoms with van der Waals surface area (Å²) in [6.45, 7) is 4.97. The first-order valence-corrected chi connectivity index (χ1v) is 16.8. The molecule has 0 aliphatic rings. The third-order valence-electron chi connectivity index (χ3n) is 7.13. The number of nitrogens with one attached hydrogen (secondary N) is 1. The average molecular weight is 612 g/mol. The number of hydrogen-bond acceptors (Lipinski definition) is 4. The highest BCUT2D eigenvalue weighted by atomic mass is 35.5. The summed E-state index contributed by atoms with van der Waals surface area (Å²) in [4.78, 5) is 29.1. The number of nitrogens with zero attached hydrogens (tertiary/aromatic N) is 2. The molecule has 0 heterocycles. The molecule has 3 rings (SSSR count). The molecule has 0 bridgehead atoms. The molecular weight excluding hydrogens is 570 g/mol. The Morgan fingerprint density at radius 3 is 2.19 bits per heavy atom. The molecule has 42 heavy (non-hydrogen) atoms. The van der Waals surface area contributed by atoms with Gasteiger partial charge in [0.15, 0.2) is 0 Å². The van der Waals surface area contributed by atoms with Crippen LogP contribution in [0.5, 0.6) is 0 Å². The first-order valence-electron chi connectivity index (χ1n) is 14.5. The van der Waals surface area contributed by atoms with Crippen LogP contribution in [0.1, 0.15) is 56.2 Å². The van der Waals surface area contributed by atoms with Gasteiger partial charge in [0.1, 0.15) is 6.04 Å². The Balaban J connectivity index is 1.86. The fourth-order valence-electron chi connectivity index (χ4n) is 4.79. The van der Waals surface area contributed by atoms with Gasteiger partial charge >= 0.3 is 0 Å². The molecule has 0 radical (unpaired) electrons. The minimum atomic E-state index is -3.56. The smallest absolute Gasteiger partial charge is 0.243 e. The fraction of sp³-hybridized carbons (Fsp3) is 0.394. The zero-order valence-electron chi connectivity index (χ0n) is 24.8. The van der Waals surface area contributed by atoms with Gasteiger partial charge in [-0.15, -0.1) is 0 Å². The van der Waals surface area contributed by atoms with Crippen molar-refractivity contribution in [1.29, 1.82) is 0 Å². The third-order valence-corrected chi connectivity index (χ3v) is 8.56. The molecule has 0 spiro atoms. The van der Waals surface area contributed by atoms with E-state index in [-0.39, 0.29) is 31.3 Å². The number of carbonyl (C=O) groups excluding carboxylic acids is 2. The number of sulfonamides is 1. The number of carbonyl (C=O) groups is 2. The molecule has 9 heteroatoms. The predicted molar refractivity (Wildman–Crippen MR) is 171 cm³/mol. The van der Waals surface area contributed by atoms with Crippen molar-refractivity contribution in [3.05, 3.63) is 101 Å². The topological polar surface area (TPSA) is 86.8 Å². The van der Waals surface area contributed by atoms with Crippen LogP contribution in [0.3, 0.4) is 0 Å². The van der Waals surface area contributed by atoms with Crippen molar-refractivity contribution < 1.29 is 18.0 Å². The summed E-state index contributed by atoms with van der Waals surface area (Å²) in [5.41, 5.74) is 3.43. The molecular formula is C33H42ClN3O4S. The number of halogens is 1. The first-order chi connectivity index (χ1) is 20.1. The van der Waals surface area contributed by atoms with E-state index in [0.29, 0.717) is 30.1 Å². The quantitative estimate of drug-likeness (QED) is 0.201. The molecule has 0 aliphatic carbocycles. The molecule has 0 aromatic heterocycles. The lowest BCUT2D eigenvalue weighted by atomic mass is 10.0. The molecule has 1 N–H and O–H groups in total. The van der Waals surface area contributed by atoms with Crippen molar-refractivity contribution in [3.63, 3.8) is 0 Å². The lowest BCUT2D eigenvalue weighted by Gasteiger charge is -2.32. The largest absolute Gasteiger partial charge is 0.354 e. The van der Waals surface area contributed by atoms with E-state index in [0.717, 1.165) is 36.0 Å². The Labute approximate surface area is 255 Å². The van der Waals surface area contributed by atoms with E-state index < -0.39 is 16.1 Å². The highest BCUT2D eigenvalue weighted by Crippen LogP contribution is 2.22. The van der Waals surface area contributed by atoms with Crippen LogP contribution in [0.15, 0.2) is 78.9 Å². The molecule has 7 nitrogen and oxygen atoms in total. The van der Waals surface area contributed by atoms with Crippen molar-refractivity contribution in [1.82, 2.24) is 10.2 Å². The van der Waals surface area contributed by atoms with Gasteiger partial charge in [0, 0.05) is 37.5 Å². The minimum absolute atomic E-state index is 0.0765. The Hall–Kier alpha value is -3.36. The van der Waals surface area contributed by atoms with Crippen LogP contribution in [0.2, 0.25) is 5.02 Å². The van der Waals surface area contributed by atoms with E-state index in [1.807, 2.05) is 61.5 Å². The Kier molecular flexibility index (Phi) is 12.9. The van der Waals surface area contributed by atoms with Crippen molar-refractivity contribution in [2.24, 2.45) is 0 Å². The molecule has 0 saturated heterocycles. The number of anilines is 1. The zero-order chi connectivity index (χ0) is 30.5. The summed E-state index contributed by atoms with van der Waals surface area (Å²) in [5.74, 6) is -0.437. The van der Waals surface area contributed by atoms with Gasteiger partial charge in [-0.3, -0.25) is 13.9 Å². The molecule has 3 aromatic carbocycles. The maximum absolute atomic E-state index is 13.9. The van der Waals surface area contributed by atoms with Crippen LogP contribution in [0.25, 0.3) is 0 Å². The third kappa shape index (κ3) is 10.2. The van der Waals surface area contributed by atoms with Gasteiger partial charge in [-0.25, -0.2) is 8.42 Å². The normalized spacial score (nSPS) is 12.0. The van der Waals surface area contributed by atoms with Crippen LogP contribution in [-0.2, 0) is 39.0 Å². The van der Waals surface area contributed by atoms with E-state index >= 15 is 0 Å². The minimum Gasteiger partial charge on any atom is -0.354 e. The number of unbranched alkanes of at least 4 members (excludes halogenated alkanes) is 1. The molecule has 0 aliphatic heterocycles. The fourth-order valence-corrected chi connectivity index (χ4v) is 5.97. The highest BCUT2D eigenvalue weighted by Gasteiger charge is 2.30. The summed E-state index contributed by atoms with van der Waals surface area (Å²) in [6, 6.07) is 23.6. The van der Waals surface area contributed by atoms with Crippen LogP contribution in [-0.4, -0.2) is 50.5 Å². The van der Waals surface area contributed by atoms with Gasteiger partial charge < -0.3 is 10.2 Å². The summed E-state index contributed by atoms with van der Waals surface area (Å²) < 4.78 is 26.7. The van der Waals surface area contributed by atoms with Gasteiger partial charge in [0.25, 0.3) is 0 Å². The van der Waals surface area contributed by atoms with E-state index in [4.69, 9.17) is 11.6 Å².